The van der Waals surface area contributed by atoms with Gasteiger partial charge in [-0.1, -0.05) is 11.2 Å². The van der Waals surface area contributed by atoms with Crippen LogP contribution in [0.3, 0.4) is 0 Å². The van der Waals surface area contributed by atoms with E-state index in [2.05, 4.69) is 28.0 Å². The quantitative estimate of drug-likeness (QED) is 0.809. The van der Waals surface area contributed by atoms with Crippen LogP contribution in [0.1, 0.15) is 10.6 Å². The smallest absolute Gasteiger partial charge is 0.124 e. The van der Waals surface area contributed by atoms with Crippen molar-refractivity contribution in [1.82, 2.24) is 10.5 Å². The zero-order valence-electron chi connectivity index (χ0n) is 7.06. The van der Waals surface area contributed by atoms with E-state index in [1.54, 1.807) is 17.6 Å². The van der Waals surface area contributed by atoms with Crippen LogP contribution >= 0.6 is 11.3 Å². The molecule has 0 aliphatic carbocycles. The predicted molar refractivity (Wildman–Crippen MR) is 51.4 cm³/mol. The summed E-state index contributed by atoms with van der Waals surface area (Å²) in [6.07, 6.45) is 1.59. The van der Waals surface area contributed by atoms with Gasteiger partial charge in [-0.15, -0.1) is 11.3 Å². The number of hydrogen-bond donors (Lipinski definition) is 1. The van der Waals surface area contributed by atoms with E-state index in [1.807, 2.05) is 6.07 Å². The Morgan fingerprint density at radius 2 is 2.38 bits per heavy atom. The molecule has 13 heavy (non-hydrogen) atoms. The standard InChI is InChI=1S/C9H10N2OS/c1-2-9(13-5-1)7-10-6-8-3-4-12-11-8/h1-5,10H,6-7H2. The molecule has 3 nitrogen and oxygen atoms in total. The van der Waals surface area contributed by atoms with Crippen molar-refractivity contribution in [2.45, 2.75) is 13.1 Å². The second kappa shape index (κ2) is 4.20. The lowest BCUT2D eigenvalue weighted by Crippen LogP contribution is -2.11. The molecule has 2 rings (SSSR count). The van der Waals surface area contributed by atoms with Crippen LogP contribution in [0.5, 0.6) is 0 Å². The van der Waals surface area contributed by atoms with Gasteiger partial charge >= 0.3 is 0 Å². The maximum absolute atomic E-state index is 4.71. The molecule has 0 aliphatic heterocycles. The normalized spacial score (nSPS) is 10.5. The molecule has 0 fully saturated rings. The molecular formula is C9H10N2OS. The molecule has 4 heteroatoms. The molecule has 0 spiro atoms. The SMILES string of the molecule is c1csc(CNCc2ccon2)c1. The lowest BCUT2D eigenvalue weighted by molar-refractivity contribution is 0.408. The molecule has 1 N–H and O–H groups in total. The minimum absolute atomic E-state index is 0.758. The second-order valence-electron chi connectivity index (χ2n) is 2.67. The summed E-state index contributed by atoms with van der Waals surface area (Å²) >= 11 is 1.75. The number of nitrogens with zero attached hydrogens (tertiary/aromatic N) is 1. The molecule has 0 bridgehead atoms. The van der Waals surface area contributed by atoms with Crippen LogP contribution in [0.25, 0.3) is 0 Å². The van der Waals surface area contributed by atoms with Crippen LogP contribution in [-0.4, -0.2) is 5.16 Å². The second-order valence-corrected chi connectivity index (χ2v) is 3.71. The first-order chi connectivity index (χ1) is 6.45. The fraction of sp³-hybridized carbons (Fsp3) is 0.222. The van der Waals surface area contributed by atoms with Crippen LogP contribution in [0, 0.1) is 0 Å². The van der Waals surface area contributed by atoms with Gasteiger partial charge in [0.2, 0.25) is 0 Å². The van der Waals surface area contributed by atoms with E-state index in [0.29, 0.717) is 0 Å². The summed E-state index contributed by atoms with van der Waals surface area (Å²) < 4.78 is 4.71. The van der Waals surface area contributed by atoms with Crippen molar-refractivity contribution in [2.24, 2.45) is 0 Å². The van der Waals surface area contributed by atoms with Gasteiger partial charge in [0.1, 0.15) is 6.26 Å². The number of thiophene rings is 1. The zero-order valence-corrected chi connectivity index (χ0v) is 7.88. The van der Waals surface area contributed by atoms with Crippen LogP contribution in [0.2, 0.25) is 0 Å². The van der Waals surface area contributed by atoms with E-state index in [1.165, 1.54) is 4.88 Å². The Morgan fingerprint density at radius 1 is 1.38 bits per heavy atom. The molecule has 0 unspecified atom stereocenters. The molecule has 0 saturated heterocycles. The monoisotopic (exact) mass is 194 g/mol. The first-order valence-corrected chi connectivity index (χ1v) is 4.95. The fourth-order valence-electron chi connectivity index (χ4n) is 1.06. The van der Waals surface area contributed by atoms with Gasteiger partial charge in [-0.05, 0) is 11.4 Å². The van der Waals surface area contributed by atoms with Crippen LogP contribution < -0.4 is 5.32 Å². The Labute approximate surface area is 80.4 Å². The van der Waals surface area contributed by atoms with Gasteiger partial charge in [0, 0.05) is 24.0 Å². The van der Waals surface area contributed by atoms with Crippen molar-refractivity contribution in [2.75, 3.05) is 0 Å². The third kappa shape index (κ3) is 2.40. The van der Waals surface area contributed by atoms with Gasteiger partial charge in [0.05, 0.1) is 5.69 Å². The summed E-state index contributed by atoms with van der Waals surface area (Å²) in [5, 5.41) is 9.16. The summed E-state index contributed by atoms with van der Waals surface area (Å²) in [6, 6.07) is 6.03. The molecular weight excluding hydrogens is 184 g/mol. The lowest BCUT2D eigenvalue weighted by atomic mass is 10.4. The number of aromatic nitrogens is 1. The summed E-state index contributed by atoms with van der Waals surface area (Å²) in [5.74, 6) is 0. The van der Waals surface area contributed by atoms with E-state index in [4.69, 9.17) is 4.52 Å². The molecule has 2 aromatic heterocycles. The number of rotatable bonds is 4. The summed E-state index contributed by atoms with van der Waals surface area (Å²) in [7, 11) is 0. The van der Waals surface area contributed by atoms with Gasteiger partial charge in [-0.2, -0.15) is 0 Å². The molecule has 0 saturated carbocycles. The van der Waals surface area contributed by atoms with Crippen molar-refractivity contribution < 1.29 is 4.52 Å². The van der Waals surface area contributed by atoms with E-state index in [0.717, 1.165) is 18.8 Å². The molecule has 0 atom stereocenters. The van der Waals surface area contributed by atoms with Crippen molar-refractivity contribution in [1.29, 1.82) is 0 Å². The van der Waals surface area contributed by atoms with E-state index >= 15 is 0 Å². The highest BCUT2D eigenvalue weighted by Crippen LogP contribution is 2.07. The third-order valence-electron chi connectivity index (χ3n) is 1.68. The molecule has 0 amide bonds. The van der Waals surface area contributed by atoms with Gasteiger partial charge in [0.25, 0.3) is 0 Å². The van der Waals surface area contributed by atoms with E-state index in [9.17, 15) is 0 Å². The average Bonchev–Trinajstić information content (AvgIpc) is 2.75. The number of hydrogen-bond acceptors (Lipinski definition) is 4. The Hall–Kier alpha value is -1.13. The van der Waals surface area contributed by atoms with Crippen LogP contribution in [-0.2, 0) is 13.1 Å². The van der Waals surface area contributed by atoms with Crippen molar-refractivity contribution in [3.8, 4) is 0 Å². The minimum atomic E-state index is 0.758. The fourth-order valence-corrected chi connectivity index (χ4v) is 1.73. The van der Waals surface area contributed by atoms with Gasteiger partial charge in [0.15, 0.2) is 0 Å². The highest BCUT2D eigenvalue weighted by atomic mass is 32.1. The Morgan fingerprint density at radius 3 is 3.08 bits per heavy atom. The van der Waals surface area contributed by atoms with Gasteiger partial charge in [-0.25, -0.2) is 0 Å². The Balaban J connectivity index is 1.76. The van der Waals surface area contributed by atoms with Crippen molar-refractivity contribution in [3.63, 3.8) is 0 Å². The molecule has 0 aliphatic rings. The summed E-state index contributed by atoms with van der Waals surface area (Å²) in [4.78, 5) is 1.34. The van der Waals surface area contributed by atoms with Gasteiger partial charge in [-0.3, -0.25) is 0 Å². The van der Waals surface area contributed by atoms with E-state index in [-0.39, 0.29) is 0 Å². The molecule has 2 heterocycles. The average molecular weight is 194 g/mol. The summed E-state index contributed by atoms with van der Waals surface area (Å²) in [6.45, 7) is 1.65. The lowest BCUT2D eigenvalue weighted by Gasteiger charge is -1.98. The zero-order chi connectivity index (χ0) is 8.93. The molecule has 0 aromatic carbocycles. The molecule has 0 radical (unpaired) electrons. The Kier molecular flexibility index (Phi) is 2.74. The highest BCUT2D eigenvalue weighted by molar-refractivity contribution is 7.09. The topological polar surface area (TPSA) is 38.1 Å². The third-order valence-corrected chi connectivity index (χ3v) is 2.55. The minimum Gasteiger partial charge on any atom is -0.364 e. The van der Waals surface area contributed by atoms with Gasteiger partial charge < -0.3 is 9.84 Å². The molecule has 68 valence electrons. The Bertz CT molecular complexity index is 294. The predicted octanol–water partition coefficient (Wildman–Crippen LogP) is 2.03. The van der Waals surface area contributed by atoms with Crippen LogP contribution in [0.4, 0.5) is 0 Å². The summed E-state index contributed by atoms with van der Waals surface area (Å²) in [5.41, 5.74) is 0.941. The van der Waals surface area contributed by atoms with Crippen molar-refractivity contribution >= 4 is 11.3 Å². The van der Waals surface area contributed by atoms with Crippen LogP contribution in [0.15, 0.2) is 34.4 Å². The first kappa shape index (κ1) is 8.47. The van der Waals surface area contributed by atoms with Crippen molar-refractivity contribution in [3.05, 3.63) is 40.4 Å². The first-order valence-electron chi connectivity index (χ1n) is 4.07. The maximum atomic E-state index is 4.71. The highest BCUT2D eigenvalue weighted by Gasteiger charge is 1.96. The number of nitrogens with one attached hydrogen (secondary N) is 1. The van der Waals surface area contributed by atoms with E-state index < -0.39 is 0 Å². The maximum Gasteiger partial charge on any atom is 0.124 e. The molecule has 2 aromatic rings. The largest absolute Gasteiger partial charge is 0.364 e.